The van der Waals surface area contributed by atoms with Crippen LogP contribution in [0.3, 0.4) is 0 Å². The van der Waals surface area contributed by atoms with Crippen LogP contribution in [0.25, 0.3) is 0 Å². The van der Waals surface area contributed by atoms with Gasteiger partial charge < -0.3 is 4.57 Å². The number of hydrogen-bond donors (Lipinski definition) is 0. The van der Waals surface area contributed by atoms with E-state index in [-0.39, 0.29) is 5.78 Å². The monoisotopic (exact) mass is 235 g/mol. The Labute approximate surface area is 96.8 Å². The van der Waals surface area contributed by atoms with Crippen LogP contribution >= 0.6 is 23.6 Å². The fourth-order valence-electron chi connectivity index (χ4n) is 1.26. The number of hydrogen-bond acceptors (Lipinski definition) is 3. The first-order valence-corrected chi connectivity index (χ1v) is 5.78. The number of Topliss-reactive ketones (excluding diaryl/α,β-unsaturated/α-hetero) is 1. The molecule has 0 aromatic carbocycles. The average molecular weight is 235 g/mol. The summed E-state index contributed by atoms with van der Waals surface area (Å²) in [6, 6.07) is 9.27. The number of rotatable bonds is 3. The number of pyridine rings is 1. The van der Waals surface area contributed by atoms with Gasteiger partial charge in [0.25, 0.3) is 0 Å². The van der Waals surface area contributed by atoms with Crippen molar-refractivity contribution in [3.63, 3.8) is 0 Å². The van der Waals surface area contributed by atoms with Crippen molar-refractivity contribution in [2.75, 3.05) is 0 Å². The van der Waals surface area contributed by atoms with Crippen LogP contribution in [-0.4, -0.2) is 10.4 Å². The molecule has 2 aromatic rings. The van der Waals surface area contributed by atoms with E-state index in [4.69, 9.17) is 12.2 Å². The molecule has 2 nitrogen and oxygen atoms in total. The normalized spacial score (nSPS) is 10.1. The highest BCUT2D eigenvalue weighted by molar-refractivity contribution is 7.71. The Morgan fingerprint density at radius 2 is 2.20 bits per heavy atom. The molecular weight excluding hydrogens is 226 g/mol. The number of carbonyl (C=O) groups excluding carboxylic acids is 1. The Hall–Kier alpha value is -1.26. The van der Waals surface area contributed by atoms with Gasteiger partial charge in [0.05, 0.1) is 11.4 Å². The molecule has 0 aliphatic carbocycles. The zero-order valence-electron chi connectivity index (χ0n) is 7.92. The Bertz CT molecular complexity index is 513. The molecule has 0 fully saturated rings. The fourth-order valence-corrected chi connectivity index (χ4v) is 2.12. The van der Waals surface area contributed by atoms with Crippen LogP contribution in [-0.2, 0) is 6.54 Å². The molecule has 0 unspecified atom stereocenters. The Morgan fingerprint density at radius 3 is 2.87 bits per heavy atom. The summed E-state index contributed by atoms with van der Waals surface area (Å²) in [7, 11) is 0. The van der Waals surface area contributed by atoms with Gasteiger partial charge in [-0.05, 0) is 23.6 Å². The molecule has 76 valence electrons. The fraction of sp³-hybridized carbons (Fsp3) is 0.0909. The Morgan fingerprint density at radius 1 is 1.33 bits per heavy atom. The molecule has 0 radical (unpaired) electrons. The lowest BCUT2D eigenvalue weighted by atomic mass is 10.3. The van der Waals surface area contributed by atoms with E-state index >= 15 is 0 Å². The zero-order chi connectivity index (χ0) is 10.7. The summed E-state index contributed by atoms with van der Waals surface area (Å²) in [5.41, 5.74) is 0. The first-order valence-electron chi connectivity index (χ1n) is 4.49. The predicted molar refractivity (Wildman–Crippen MR) is 63.9 cm³/mol. The van der Waals surface area contributed by atoms with Crippen LogP contribution in [0.1, 0.15) is 9.67 Å². The second-order valence-electron chi connectivity index (χ2n) is 3.07. The molecular formula is C11H9NOS2. The Balaban J connectivity index is 2.20. The van der Waals surface area contributed by atoms with E-state index in [1.807, 2.05) is 41.9 Å². The minimum atomic E-state index is 0.104. The van der Waals surface area contributed by atoms with Crippen LogP contribution < -0.4 is 0 Å². The molecule has 15 heavy (non-hydrogen) atoms. The largest absolute Gasteiger partial charge is 0.331 e. The highest BCUT2D eigenvalue weighted by atomic mass is 32.1. The summed E-state index contributed by atoms with van der Waals surface area (Å²) >= 11 is 6.57. The minimum Gasteiger partial charge on any atom is -0.331 e. The van der Waals surface area contributed by atoms with Gasteiger partial charge in [-0.1, -0.05) is 24.4 Å². The van der Waals surface area contributed by atoms with Gasteiger partial charge in [0.2, 0.25) is 0 Å². The topological polar surface area (TPSA) is 22.0 Å². The third kappa shape index (κ3) is 2.40. The van der Waals surface area contributed by atoms with Crippen molar-refractivity contribution in [3.8, 4) is 0 Å². The van der Waals surface area contributed by atoms with Crippen molar-refractivity contribution in [2.24, 2.45) is 0 Å². The molecule has 0 atom stereocenters. The molecule has 0 N–H and O–H groups in total. The quantitative estimate of drug-likeness (QED) is 0.602. The van der Waals surface area contributed by atoms with Crippen LogP contribution in [0, 0.1) is 4.64 Å². The maximum absolute atomic E-state index is 11.8. The molecule has 2 aromatic heterocycles. The molecule has 0 bridgehead atoms. The van der Waals surface area contributed by atoms with E-state index in [2.05, 4.69) is 0 Å². The van der Waals surface area contributed by atoms with Gasteiger partial charge in [-0.15, -0.1) is 11.3 Å². The number of nitrogens with zero attached hydrogens (tertiary/aromatic N) is 1. The second-order valence-corrected chi connectivity index (χ2v) is 4.43. The highest BCUT2D eigenvalue weighted by Gasteiger charge is 2.06. The van der Waals surface area contributed by atoms with Gasteiger partial charge in [0, 0.05) is 6.20 Å². The molecule has 2 heterocycles. The number of ketones is 1. The van der Waals surface area contributed by atoms with Gasteiger partial charge in [-0.3, -0.25) is 4.79 Å². The van der Waals surface area contributed by atoms with Crippen molar-refractivity contribution < 1.29 is 4.79 Å². The number of carbonyl (C=O) groups is 1. The summed E-state index contributed by atoms with van der Waals surface area (Å²) in [6.07, 6.45) is 1.83. The van der Waals surface area contributed by atoms with Crippen LogP contribution in [0.5, 0.6) is 0 Å². The standard InChI is InChI=1S/C11H9NOS2/c13-9(10-4-3-7-15-10)8-12-6-2-1-5-11(12)14/h1-7H,8H2. The molecule has 0 amide bonds. The van der Waals surface area contributed by atoms with Crippen molar-refractivity contribution in [1.29, 1.82) is 0 Å². The smallest absolute Gasteiger partial charge is 0.192 e. The Kier molecular flexibility index (Phi) is 3.08. The highest BCUT2D eigenvalue weighted by Crippen LogP contribution is 2.10. The van der Waals surface area contributed by atoms with Crippen LogP contribution in [0.15, 0.2) is 41.9 Å². The molecule has 0 aliphatic rings. The third-order valence-corrected chi connectivity index (χ3v) is 3.29. The second kappa shape index (κ2) is 4.51. The van der Waals surface area contributed by atoms with Gasteiger partial charge >= 0.3 is 0 Å². The molecule has 0 saturated carbocycles. The summed E-state index contributed by atoms with van der Waals surface area (Å²) < 4.78 is 2.46. The lowest BCUT2D eigenvalue weighted by molar-refractivity contribution is 0.0975. The molecule has 0 spiro atoms. The average Bonchev–Trinajstić information content (AvgIpc) is 2.74. The molecule has 0 saturated heterocycles. The van der Waals surface area contributed by atoms with Gasteiger partial charge in [0.15, 0.2) is 5.78 Å². The van der Waals surface area contributed by atoms with E-state index < -0.39 is 0 Å². The summed E-state index contributed by atoms with van der Waals surface area (Å²) in [4.78, 5) is 12.5. The van der Waals surface area contributed by atoms with E-state index in [0.717, 1.165) is 4.88 Å². The number of aromatic nitrogens is 1. The third-order valence-electron chi connectivity index (χ3n) is 2.01. The van der Waals surface area contributed by atoms with E-state index in [1.54, 1.807) is 4.57 Å². The van der Waals surface area contributed by atoms with E-state index in [0.29, 0.717) is 11.2 Å². The summed E-state index contributed by atoms with van der Waals surface area (Å²) in [5, 5.41) is 1.90. The number of thiophene rings is 1. The lowest BCUT2D eigenvalue weighted by Crippen LogP contribution is -2.09. The van der Waals surface area contributed by atoms with E-state index in [9.17, 15) is 4.79 Å². The summed E-state index contributed by atoms with van der Waals surface area (Å²) in [6.45, 7) is 0.320. The van der Waals surface area contributed by atoms with Gasteiger partial charge in [-0.25, -0.2) is 0 Å². The maximum Gasteiger partial charge on any atom is 0.192 e. The first kappa shape index (κ1) is 10.3. The molecule has 4 heteroatoms. The van der Waals surface area contributed by atoms with Gasteiger partial charge in [0.1, 0.15) is 4.64 Å². The van der Waals surface area contributed by atoms with Gasteiger partial charge in [-0.2, -0.15) is 0 Å². The van der Waals surface area contributed by atoms with Crippen molar-refractivity contribution >= 4 is 29.3 Å². The molecule has 0 aliphatic heterocycles. The van der Waals surface area contributed by atoms with Crippen molar-refractivity contribution in [1.82, 2.24) is 4.57 Å². The predicted octanol–water partition coefficient (Wildman–Crippen LogP) is 3.16. The van der Waals surface area contributed by atoms with Crippen molar-refractivity contribution in [2.45, 2.75) is 6.54 Å². The molecule has 2 rings (SSSR count). The first-order chi connectivity index (χ1) is 7.27. The maximum atomic E-state index is 11.8. The van der Waals surface area contributed by atoms with Crippen LogP contribution in [0.4, 0.5) is 0 Å². The summed E-state index contributed by atoms with van der Waals surface area (Å²) in [5.74, 6) is 0.104. The van der Waals surface area contributed by atoms with Crippen molar-refractivity contribution in [3.05, 3.63) is 51.4 Å². The minimum absolute atomic E-state index is 0.104. The SMILES string of the molecule is O=C(Cn1ccccc1=S)c1cccs1. The van der Waals surface area contributed by atoms with Crippen LogP contribution in [0.2, 0.25) is 0 Å². The van der Waals surface area contributed by atoms with E-state index in [1.165, 1.54) is 11.3 Å². The zero-order valence-corrected chi connectivity index (χ0v) is 9.55. The lowest BCUT2D eigenvalue weighted by Gasteiger charge is -2.03.